The van der Waals surface area contributed by atoms with E-state index in [0.29, 0.717) is 17.9 Å². The summed E-state index contributed by atoms with van der Waals surface area (Å²) in [5.74, 6) is 1.15. The van der Waals surface area contributed by atoms with Crippen LogP contribution in [0.15, 0.2) is 65.3 Å². The van der Waals surface area contributed by atoms with Gasteiger partial charge in [0.25, 0.3) is 5.91 Å². The molecular formula is C23H22N2O3S. The Bertz CT molecular complexity index is 1030. The molecule has 1 N–H and O–H groups in total. The molecule has 2 amide bonds. The monoisotopic (exact) mass is 406 g/mol. The first-order valence-corrected chi connectivity index (χ1v) is 10.5. The Kier molecular flexibility index (Phi) is 5.45. The molecule has 1 aliphatic heterocycles. The minimum absolute atomic E-state index is 0.0796. The van der Waals surface area contributed by atoms with Crippen LogP contribution in [0.3, 0.4) is 0 Å². The third-order valence-corrected chi connectivity index (χ3v) is 6.22. The van der Waals surface area contributed by atoms with Gasteiger partial charge in [0, 0.05) is 11.3 Å². The number of carbonyl (C=O) groups is 2. The quantitative estimate of drug-likeness (QED) is 0.653. The van der Waals surface area contributed by atoms with Crippen molar-refractivity contribution < 1.29 is 14.0 Å². The topological polar surface area (TPSA) is 62.6 Å². The van der Waals surface area contributed by atoms with Crippen LogP contribution in [-0.2, 0) is 11.3 Å². The van der Waals surface area contributed by atoms with Crippen LogP contribution >= 0.6 is 11.8 Å². The van der Waals surface area contributed by atoms with Crippen LogP contribution in [0.4, 0.5) is 5.69 Å². The third-order valence-electron chi connectivity index (χ3n) is 4.96. The lowest BCUT2D eigenvalue weighted by Crippen LogP contribution is -2.27. The Morgan fingerprint density at radius 1 is 1.17 bits per heavy atom. The highest BCUT2D eigenvalue weighted by Gasteiger charge is 2.33. The third kappa shape index (κ3) is 4.22. The second kappa shape index (κ2) is 8.17. The van der Waals surface area contributed by atoms with E-state index in [1.165, 1.54) is 0 Å². The fourth-order valence-corrected chi connectivity index (χ4v) is 4.61. The van der Waals surface area contributed by atoms with Crippen molar-refractivity contribution in [2.45, 2.75) is 25.8 Å². The Morgan fingerprint density at radius 3 is 2.66 bits per heavy atom. The van der Waals surface area contributed by atoms with Crippen molar-refractivity contribution in [1.82, 2.24) is 4.90 Å². The van der Waals surface area contributed by atoms with Gasteiger partial charge in [-0.3, -0.25) is 9.59 Å². The van der Waals surface area contributed by atoms with E-state index in [4.69, 9.17) is 4.42 Å². The molecule has 29 heavy (non-hydrogen) atoms. The lowest BCUT2D eigenvalue weighted by molar-refractivity contribution is -0.128. The van der Waals surface area contributed by atoms with Crippen LogP contribution in [0.5, 0.6) is 0 Å². The number of amides is 2. The van der Waals surface area contributed by atoms with E-state index in [2.05, 4.69) is 5.32 Å². The Labute approximate surface area is 174 Å². The standard InChI is InChI=1S/C23H22N2O3S/c1-15-5-10-20(16(2)12-15)24-22(27)17-6-8-18(9-7-17)23-25(21(26)14-29-23)13-19-4-3-11-28-19/h3-12,23H,13-14H2,1-2H3,(H,24,27)/t23-/m1/s1. The van der Waals surface area contributed by atoms with E-state index in [9.17, 15) is 9.59 Å². The number of hydrogen-bond donors (Lipinski definition) is 1. The molecule has 0 unspecified atom stereocenters. The van der Waals surface area contributed by atoms with Crippen LogP contribution in [0, 0.1) is 13.8 Å². The molecule has 2 heterocycles. The van der Waals surface area contributed by atoms with E-state index < -0.39 is 0 Å². The summed E-state index contributed by atoms with van der Waals surface area (Å²) in [6, 6.07) is 17.1. The Balaban J connectivity index is 1.48. The molecule has 0 radical (unpaired) electrons. The first-order valence-electron chi connectivity index (χ1n) is 9.43. The van der Waals surface area contributed by atoms with Crippen molar-refractivity contribution >= 4 is 29.3 Å². The van der Waals surface area contributed by atoms with Gasteiger partial charge in [0.2, 0.25) is 5.91 Å². The van der Waals surface area contributed by atoms with Crippen molar-refractivity contribution in [2.24, 2.45) is 0 Å². The summed E-state index contributed by atoms with van der Waals surface area (Å²) in [7, 11) is 0. The summed E-state index contributed by atoms with van der Waals surface area (Å²) < 4.78 is 5.40. The molecule has 6 heteroatoms. The highest BCUT2D eigenvalue weighted by Crippen LogP contribution is 2.39. The average Bonchev–Trinajstić information content (AvgIpc) is 3.35. The molecular weight excluding hydrogens is 384 g/mol. The van der Waals surface area contributed by atoms with E-state index in [1.807, 2.05) is 73.3 Å². The SMILES string of the molecule is Cc1ccc(NC(=O)c2ccc([C@H]3SCC(=O)N3Cc3ccco3)cc2)c(C)c1. The highest BCUT2D eigenvalue weighted by atomic mass is 32.2. The maximum atomic E-state index is 12.6. The predicted octanol–water partition coefficient (Wildman–Crippen LogP) is 4.92. The zero-order valence-electron chi connectivity index (χ0n) is 16.3. The van der Waals surface area contributed by atoms with Crippen LogP contribution in [0.25, 0.3) is 0 Å². The van der Waals surface area contributed by atoms with Crippen molar-refractivity contribution in [3.63, 3.8) is 0 Å². The number of hydrogen-bond acceptors (Lipinski definition) is 4. The molecule has 1 aromatic heterocycles. The first-order chi connectivity index (χ1) is 14.0. The minimum Gasteiger partial charge on any atom is -0.467 e. The number of thioether (sulfide) groups is 1. The summed E-state index contributed by atoms with van der Waals surface area (Å²) >= 11 is 1.59. The Hall–Kier alpha value is -2.99. The number of anilines is 1. The smallest absolute Gasteiger partial charge is 0.255 e. The number of nitrogens with one attached hydrogen (secondary N) is 1. The summed E-state index contributed by atoms with van der Waals surface area (Å²) in [4.78, 5) is 26.8. The molecule has 1 aliphatic rings. The first kappa shape index (κ1) is 19.3. The van der Waals surface area contributed by atoms with Crippen LogP contribution in [0.2, 0.25) is 0 Å². The summed E-state index contributed by atoms with van der Waals surface area (Å²) in [5.41, 5.74) is 4.58. The van der Waals surface area contributed by atoms with Crippen LogP contribution in [0.1, 0.15) is 38.2 Å². The van der Waals surface area contributed by atoms with Gasteiger partial charge in [-0.1, -0.05) is 29.8 Å². The van der Waals surface area contributed by atoms with Gasteiger partial charge in [0.1, 0.15) is 11.1 Å². The molecule has 5 nitrogen and oxygen atoms in total. The van der Waals surface area contributed by atoms with Crippen LogP contribution in [-0.4, -0.2) is 22.5 Å². The number of rotatable bonds is 5. The van der Waals surface area contributed by atoms with Gasteiger partial charge in [0.15, 0.2) is 0 Å². The molecule has 3 aromatic rings. The molecule has 0 saturated carbocycles. The van der Waals surface area contributed by atoms with Crippen LogP contribution < -0.4 is 5.32 Å². The normalized spacial score (nSPS) is 16.3. The molecule has 2 aromatic carbocycles. The molecule has 0 bridgehead atoms. The number of furan rings is 1. The molecule has 0 aliphatic carbocycles. The zero-order chi connectivity index (χ0) is 20.4. The second-order valence-corrected chi connectivity index (χ2v) is 8.23. The van der Waals surface area contributed by atoms with E-state index in [-0.39, 0.29) is 17.2 Å². The minimum atomic E-state index is -0.147. The highest BCUT2D eigenvalue weighted by molar-refractivity contribution is 8.00. The van der Waals surface area contributed by atoms with Gasteiger partial charge in [-0.05, 0) is 55.3 Å². The lowest BCUT2D eigenvalue weighted by Gasteiger charge is -2.23. The molecule has 1 fully saturated rings. The largest absolute Gasteiger partial charge is 0.467 e. The maximum Gasteiger partial charge on any atom is 0.255 e. The van der Waals surface area contributed by atoms with E-state index in [0.717, 1.165) is 28.1 Å². The van der Waals surface area contributed by atoms with E-state index in [1.54, 1.807) is 18.0 Å². The maximum absolute atomic E-state index is 12.6. The number of nitrogens with zero attached hydrogens (tertiary/aromatic N) is 1. The molecule has 1 atom stereocenters. The second-order valence-electron chi connectivity index (χ2n) is 7.16. The number of benzene rings is 2. The van der Waals surface area contributed by atoms with Gasteiger partial charge in [-0.2, -0.15) is 0 Å². The molecule has 148 valence electrons. The van der Waals surface area contributed by atoms with Gasteiger partial charge < -0.3 is 14.6 Å². The van der Waals surface area contributed by atoms with Gasteiger partial charge in [-0.25, -0.2) is 0 Å². The predicted molar refractivity (Wildman–Crippen MR) is 115 cm³/mol. The summed E-state index contributed by atoms with van der Waals surface area (Å²) in [5, 5.41) is 2.89. The number of carbonyl (C=O) groups excluding carboxylic acids is 2. The summed E-state index contributed by atoms with van der Waals surface area (Å²) in [6.45, 7) is 4.45. The summed E-state index contributed by atoms with van der Waals surface area (Å²) in [6.07, 6.45) is 1.61. The van der Waals surface area contributed by atoms with Gasteiger partial charge >= 0.3 is 0 Å². The molecule has 0 spiro atoms. The van der Waals surface area contributed by atoms with Crippen molar-refractivity contribution in [1.29, 1.82) is 0 Å². The number of aryl methyl sites for hydroxylation is 2. The zero-order valence-corrected chi connectivity index (χ0v) is 17.2. The van der Waals surface area contributed by atoms with Crippen molar-refractivity contribution in [3.05, 3.63) is 88.9 Å². The average molecular weight is 407 g/mol. The fourth-order valence-electron chi connectivity index (χ4n) is 3.42. The van der Waals surface area contributed by atoms with E-state index >= 15 is 0 Å². The molecule has 1 saturated heterocycles. The van der Waals surface area contributed by atoms with Crippen molar-refractivity contribution in [3.8, 4) is 0 Å². The van der Waals surface area contributed by atoms with Gasteiger partial charge in [0.05, 0.1) is 18.6 Å². The lowest BCUT2D eigenvalue weighted by atomic mass is 10.1. The van der Waals surface area contributed by atoms with Gasteiger partial charge in [-0.15, -0.1) is 11.8 Å². The van der Waals surface area contributed by atoms with Crippen molar-refractivity contribution in [2.75, 3.05) is 11.1 Å². The molecule has 4 rings (SSSR count). The Morgan fingerprint density at radius 2 is 1.97 bits per heavy atom. The fraction of sp³-hybridized carbons (Fsp3) is 0.217.